The van der Waals surface area contributed by atoms with Crippen molar-refractivity contribution in [3.8, 4) is 5.75 Å². The standard InChI is InChI=1S/C12H16N2O2S/c1-14(8-4-5-17-7-8)12(16)10-6-9(15)2-3-11(10)13/h2-3,6,8,15H,4-5,7,13H2,1H3. The second kappa shape index (κ2) is 4.87. The third-order valence-corrected chi connectivity index (χ3v) is 4.19. The number of carbonyl (C=O) groups is 1. The van der Waals surface area contributed by atoms with Crippen LogP contribution in [-0.2, 0) is 0 Å². The molecule has 0 aromatic heterocycles. The number of benzene rings is 1. The molecule has 0 saturated carbocycles. The van der Waals surface area contributed by atoms with E-state index < -0.39 is 0 Å². The first-order valence-electron chi connectivity index (χ1n) is 5.53. The van der Waals surface area contributed by atoms with Crippen molar-refractivity contribution in [1.29, 1.82) is 0 Å². The minimum absolute atomic E-state index is 0.0664. The predicted octanol–water partition coefficient (Wildman–Crippen LogP) is 1.55. The van der Waals surface area contributed by atoms with Gasteiger partial charge in [-0.25, -0.2) is 0 Å². The van der Waals surface area contributed by atoms with Crippen LogP contribution in [0.25, 0.3) is 0 Å². The molecule has 17 heavy (non-hydrogen) atoms. The first-order chi connectivity index (χ1) is 8.09. The summed E-state index contributed by atoms with van der Waals surface area (Å²) in [6.45, 7) is 0. The smallest absolute Gasteiger partial charge is 0.256 e. The molecule has 0 radical (unpaired) electrons. The maximum Gasteiger partial charge on any atom is 0.256 e. The van der Waals surface area contributed by atoms with Gasteiger partial charge in [-0.1, -0.05) is 0 Å². The molecule has 1 fully saturated rings. The molecule has 0 aliphatic carbocycles. The highest BCUT2D eigenvalue weighted by Crippen LogP contribution is 2.25. The van der Waals surface area contributed by atoms with Crippen molar-refractivity contribution in [3.63, 3.8) is 0 Å². The minimum atomic E-state index is -0.120. The van der Waals surface area contributed by atoms with Gasteiger partial charge in [-0.05, 0) is 30.4 Å². The van der Waals surface area contributed by atoms with Gasteiger partial charge in [-0.2, -0.15) is 11.8 Å². The highest BCUT2D eigenvalue weighted by atomic mass is 32.2. The van der Waals surface area contributed by atoms with Crippen molar-refractivity contribution in [1.82, 2.24) is 4.90 Å². The number of phenols is 1. The van der Waals surface area contributed by atoms with E-state index in [1.165, 1.54) is 12.1 Å². The number of anilines is 1. The summed E-state index contributed by atoms with van der Waals surface area (Å²) in [6.07, 6.45) is 1.02. The zero-order chi connectivity index (χ0) is 12.4. The van der Waals surface area contributed by atoms with Crippen molar-refractivity contribution < 1.29 is 9.90 Å². The summed E-state index contributed by atoms with van der Waals surface area (Å²) in [5.74, 6) is 2.02. The maximum absolute atomic E-state index is 12.2. The van der Waals surface area contributed by atoms with Crippen LogP contribution >= 0.6 is 11.8 Å². The Balaban J connectivity index is 2.20. The van der Waals surface area contributed by atoms with E-state index in [-0.39, 0.29) is 17.7 Å². The van der Waals surface area contributed by atoms with Crippen molar-refractivity contribution >= 4 is 23.4 Å². The van der Waals surface area contributed by atoms with Crippen LogP contribution in [-0.4, -0.2) is 40.5 Å². The molecule has 4 nitrogen and oxygen atoms in total. The third-order valence-electron chi connectivity index (χ3n) is 3.04. The molecule has 1 heterocycles. The van der Waals surface area contributed by atoms with Gasteiger partial charge in [0.15, 0.2) is 0 Å². The minimum Gasteiger partial charge on any atom is -0.508 e. The molecule has 1 amide bonds. The average molecular weight is 252 g/mol. The first-order valence-corrected chi connectivity index (χ1v) is 6.68. The zero-order valence-corrected chi connectivity index (χ0v) is 10.5. The Hall–Kier alpha value is -1.36. The molecule has 1 saturated heterocycles. The molecule has 5 heteroatoms. The number of carbonyl (C=O) groups excluding carboxylic acids is 1. The predicted molar refractivity (Wildman–Crippen MR) is 70.3 cm³/mol. The van der Waals surface area contributed by atoms with Crippen LogP contribution < -0.4 is 5.73 Å². The van der Waals surface area contributed by atoms with E-state index in [2.05, 4.69) is 0 Å². The molecule has 92 valence electrons. The fraction of sp³-hybridized carbons (Fsp3) is 0.417. The van der Waals surface area contributed by atoms with E-state index in [0.29, 0.717) is 11.3 Å². The molecule has 0 spiro atoms. The highest BCUT2D eigenvalue weighted by Gasteiger charge is 2.25. The van der Waals surface area contributed by atoms with E-state index >= 15 is 0 Å². The molecule has 1 aliphatic heterocycles. The van der Waals surface area contributed by atoms with Crippen molar-refractivity contribution in [2.24, 2.45) is 0 Å². The number of thioether (sulfide) groups is 1. The monoisotopic (exact) mass is 252 g/mol. The van der Waals surface area contributed by atoms with E-state index in [0.717, 1.165) is 17.9 Å². The number of rotatable bonds is 2. The fourth-order valence-electron chi connectivity index (χ4n) is 1.91. The summed E-state index contributed by atoms with van der Waals surface area (Å²) in [5, 5.41) is 9.40. The van der Waals surface area contributed by atoms with Crippen LogP contribution in [0.2, 0.25) is 0 Å². The molecule has 0 bridgehead atoms. The molecule has 1 unspecified atom stereocenters. The normalized spacial score (nSPS) is 19.2. The van der Waals surface area contributed by atoms with E-state index in [9.17, 15) is 9.90 Å². The van der Waals surface area contributed by atoms with Crippen LogP contribution in [0.4, 0.5) is 5.69 Å². The number of hydrogen-bond acceptors (Lipinski definition) is 4. The second-order valence-corrected chi connectivity index (χ2v) is 5.35. The Labute approximate surface area is 105 Å². The van der Waals surface area contributed by atoms with Crippen LogP contribution in [0.1, 0.15) is 16.8 Å². The SMILES string of the molecule is CN(C(=O)c1cc(O)ccc1N)C1CCSC1. The maximum atomic E-state index is 12.2. The van der Waals surface area contributed by atoms with Gasteiger partial charge in [0.2, 0.25) is 0 Å². The number of amides is 1. The molecular weight excluding hydrogens is 236 g/mol. The summed E-state index contributed by atoms with van der Waals surface area (Å²) < 4.78 is 0. The molecule has 1 aliphatic rings. The number of nitrogens with two attached hydrogens (primary N) is 1. The lowest BCUT2D eigenvalue weighted by Gasteiger charge is -2.24. The number of aromatic hydroxyl groups is 1. The molecule has 2 rings (SSSR count). The van der Waals surface area contributed by atoms with Crippen LogP contribution in [0.5, 0.6) is 5.75 Å². The average Bonchev–Trinajstić information content (AvgIpc) is 2.84. The number of nitrogens with zero attached hydrogens (tertiary/aromatic N) is 1. The summed E-state index contributed by atoms with van der Waals surface area (Å²) >= 11 is 1.86. The largest absolute Gasteiger partial charge is 0.508 e. The second-order valence-electron chi connectivity index (χ2n) is 4.21. The van der Waals surface area contributed by atoms with Crippen molar-refractivity contribution in [3.05, 3.63) is 23.8 Å². The van der Waals surface area contributed by atoms with Gasteiger partial charge in [0.05, 0.1) is 5.56 Å². The van der Waals surface area contributed by atoms with Crippen LogP contribution in [0, 0.1) is 0 Å². The Kier molecular flexibility index (Phi) is 3.47. The molecule has 1 aromatic rings. The summed E-state index contributed by atoms with van der Waals surface area (Å²) in [7, 11) is 1.79. The highest BCUT2D eigenvalue weighted by molar-refractivity contribution is 7.99. The lowest BCUT2D eigenvalue weighted by atomic mass is 10.1. The Morgan fingerprint density at radius 2 is 2.35 bits per heavy atom. The van der Waals surface area contributed by atoms with Gasteiger partial charge in [0, 0.05) is 24.5 Å². The molecule has 1 atom stereocenters. The van der Waals surface area contributed by atoms with Crippen molar-refractivity contribution in [2.45, 2.75) is 12.5 Å². The summed E-state index contributed by atoms with van der Waals surface area (Å²) in [6, 6.07) is 4.74. The van der Waals surface area contributed by atoms with Gasteiger partial charge in [0.1, 0.15) is 5.75 Å². The topological polar surface area (TPSA) is 66.6 Å². The quantitative estimate of drug-likeness (QED) is 0.619. The van der Waals surface area contributed by atoms with Gasteiger partial charge >= 0.3 is 0 Å². The van der Waals surface area contributed by atoms with E-state index in [4.69, 9.17) is 5.73 Å². The lowest BCUT2D eigenvalue weighted by molar-refractivity contribution is 0.0748. The molecule has 3 N–H and O–H groups in total. The third kappa shape index (κ3) is 2.49. The van der Waals surface area contributed by atoms with Gasteiger partial charge < -0.3 is 15.7 Å². The number of phenolic OH excluding ortho intramolecular Hbond substituents is 1. The van der Waals surface area contributed by atoms with E-state index in [1.54, 1.807) is 18.0 Å². The van der Waals surface area contributed by atoms with Gasteiger partial charge in [0.25, 0.3) is 5.91 Å². The lowest BCUT2D eigenvalue weighted by Crippen LogP contribution is -2.37. The van der Waals surface area contributed by atoms with Crippen LogP contribution in [0.3, 0.4) is 0 Å². The number of nitrogen functional groups attached to an aromatic ring is 1. The molecule has 1 aromatic carbocycles. The van der Waals surface area contributed by atoms with Gasteiger partial charge in [-0.3, -0.25) is 4.79 Å². The van der Waals surface area contributed by atoms with Crippen LogP contribution in [0.15, 0.2) is 18.2 Å². The molecular formula is C12H16N2O2S. The Bertz CT molecular complexity index is 431. The van der Waals surface area contributed by atoms with Crippen molar-refractivity contribution in [2.75, 3.05) is 24.3 Å². The Morgan fingerprint density at radius 3 is 3.00 bits per heavy atom. The van der Waals surface area contributed by atoms with E-state index in [1.807, 2.05) is 11.8 Å². The Morgan fingerprint density at radius 1 is 1.59 bits per heavy atom. The number of hydrogen-bond donors (Lipinski definition) is 2. The first kappa shape index (κ1) is 12.1. The fourth-order valence-corrected chi connectivity index (χ4v) is 3.18. The summed E-state index contributed by atoms with van der Waals surface area (Å²) in [5.41, 5.74) is 6.55. The van der Waals surface area contributed by atoms with Gasteiger partial charge in [-0.15, -0.1) is 0 Å². The zero-order valence-electron chi connectivity index (χ0n) is 9.72. The summed E-state index contributed by atoms with van der Waals surface area (Å²) in [4.78, 5) is 14.0.